The topological polar surface area (TPSA) is 70.1 Å². The molecule has 1 unspecified atom stereocenters. The second kappa shape index (κ2) is 8.13. The molecule has 1 aromatic carbocycles. The lowest BCUT2D eigenvalue weighted by Crippen LogP contribution is -2.42. The zero-order valence-electron chi connectivity index (χ0n) is 16.1. The van der Waals surface area contributed by atoms with Crippen molar-refractivity contribution in [3.05, 3.63) is 35.9 Å². The first kappa shape index (κ1) is 19.4. The van der Waals surface area contributed by atoms with Gasteiger partial charge in [-0.1, -0.05) is 24.3 Å². The third-order valence-electron chi connectivity index (χ3n) is 5.90. The van der Waals surface area contributed by atoms with Crippen LogP contribution in [0.15, 0.2) is 30.3 Å². The molecule has 0 aromatic heterocycles. The molecule has 1 aromatic rings. The van der Waals surface area contributed by atoms with Gasteiger partial charge in [0.15, 0.2) is 0 Å². The van der Waals surface area contributed by atoms with Crippen molar-refractivity contribution < 1.29 is 19.4 Å². The second-order valence-electron chi connectivity index (χ2n) is 7.68. The summed E-state index contributed by atoms with van der Waals surface area (Å²) in [5.74, 6) is -0.166. The smallest absolute Gasteiger partial charge is 0.326 e. The number of carbonyl (C=O) groups excluding carboxylic acids is 1. The maximum atomic E-state index is 11.8. The van der Waals surface area contributed by atoms with Crippen LogP contribution in [0.25, 0.3) is 6.08 Å². The molecule has 6 heteroatoms. The Bertz CT molecular complexity index is 681. The Balaban J connectivity index is 1.52. The van der Waals surface area contributed by atoms with E-state index in [1.165, 1.54) is 6.92 Å². The van der Waals surface area contributed by atoms with E-state index in [4.69, 9.17) is 4.74 Å². The first-order chi connectivity index (χ1) is 12.9. The molecule has 146 valence electrons. The fourth-order valence-electron chi connectivity index (χ4n) is 4.23. The molecule has 0 radical (unpaired) electrons. The highest BCUT2D eigenvalue weighted by Gasteiger charge is 2.48. The quantitative estimate of drug-likeness (QED) is 0.860. The van der Waals surface area contributed by atoms with E-state index >= 15 is 0 Å². The Morgan fingerprint density at radius 1 is 1.26 bits per heavy atom. The molecule has 2 aliphatic heterocycles. The largest absolute Gasteiger partial charge is 0.497 e. The number of likely N-dealkylation sites (tertiary alicyclic amines) is 2. The summed E-state index contributed by atoms with van der Waals surface area (Å²) < 4.78 is 5.17. The minimum absolute atomic E-state index is 0.0368. The van der Waals surface area contributed by atoms with Crippen LogP contribution >= 0.6 is 0 Å². The number of carbonyl (C=O) groups is 2. The normalized spacial score (nSPS) is 22.4. The average molecular weight is 372 g/mol. The number of hydrogen-bond acceptors (Lipinski definition) is 4. The van der Waals surface area contributed by atoms with Gasteiger partial charge in [-0.2, -0.15) is 0 Å². The van der Waals surface area contributed by atoms with Crippen LogP contribution in [0.4, 0.5) is 0 Å². The van der Waals surface area contributed by atoms with Gasteiger partial charge in [0.25, 0.3) is 0 Å². The second-order valence-corrected chi connectivity index (χ2v) is 7.68. The van der Waals surface area contributed by atoms with E-state index in [1.807, 2.05) is 24.3 Å². The van der Waals surface area contributed by atoms with Crippen molar-refractivity contribution in [1.29, 1.82) is 0 Å². The van der Waals surface area contributed by atoms with Gasteiger partial charge in [0.1, 0.15) is 11.8 Å². The molecule has 1 atom stereocenters. The molecule has 6 nitrogen and oxygen atoms in total. The third kappa shape index (κ3) is 4.50. The average Bonchev–Trinajstić information content (AvgIpc) is 3.04. The summed E-state index contributed by atoms with van der Waals surface area (Å²) in [6.07, 6.45) is 6.74. The monoisotopic (exact) mass is 372 g/mol. The molecule has 1 spiro atoms. The van der Waals surface area contributed by atoms with Gasteiger partial charge in [-0.25, -0.2) is 4.79 Å². The first-order valence-corrected chi connectivity index (χ1v) is 9.45. The maximum Gasteiger partial charge on any atom is 0.326 e. The summed E-state index contributed by atoms with van der Waals surface area (Å²) in [7, 11) is 1.66. The Labute approximate surface area is 160 Å². The summed E-state index contributed by atoms with van der Waals surface area (Å²) in [5, 5.41) is 9.43. The molecule has 2 aliphatic rings. The lowest BCUT2D eigenvalue weighted by molar-refractivity contribution is -0.147. The van der Waals surface area contributed by atoms with Gasteiger partial charge in [-0.05, 0) is 55.5 Å². The Morgan fingerprint density at radius 2 is 1.93 bits per heavy atom. The zero-order chi connectivity index (χ0) is 19.4. The van der Waals surface area contributed by atoms with E-state index in [9.17, 15) is 14.7 Å². The van der Waals surface area contributed by atoms with Crippen molar-refractivity contribution in [2.75, 3.05) is 33.3 Å². The van der Waals surface area contributed by atoms with Gasteiger partial charge in [0.2, 0.25) is 5.91 Å². The number of rotatable bonds is 5. The number of piperidine rings is 1. The van der Waals surface area contributed by atoms with Gasteiger partial charge < -0.3 is 14.7 Å². The number of benzene rings is 1. The van der Waals surface area contributed by atoms with Gasteiger partial charge in [-0.15, -0.1) is 0 Å². The number of hydrogen-bond donors (Lipinski definition) is 1. The number of aliphatic carboxylic acids is 1. The van der Waals surface area contributed by atoms with E-state index in [0.29, 0.717) is 13.0 Å². The summed E-state index contributed by atoms with van der Waals surface area (Å²) in [6.45, 7) is 4.79. The van der Waals surface area contributed by atoms with Crippen LogP contribution in [-0.4, -0.2) is 66.1 Å². The zero-order valence-corrected chi connectivity index (χ0v) is 16.1. The number of carboxylic acids is 1. The SMILES string of the molecule is COc1ccc(/C=C/CN2CCC3(CC2)CC(C(=O)O)N(C(C)=O)C3)cc1. The highest BCUT2D eigenvalue weighted by molar-refractivity contribution is 5.83. The number of carboxylic acid groups (broad SMARTS) is 1. The molecule has 3 rings (SSSR count). The molecule has 27 heavy (non-hydrogen) atoms. The van der Waals surface area contributed by atoms with Crippen LogP contribution in [-0.2, 0) is 9.59 Å². The summed E-state index contributed by atoms with van der Waals surface area (Å²) in [4.78, 5) is 27.2. The minimum Gasteiger partial charge on any atom is -0.497 e. The molecule has 0 aliphatic carbocycles. The highest BCUT2D eigenvalue weighted by Crippen LogP contribution is 2.43. The summed E-state index contributed by atoms with van der Waals surface area (Å²) in [5.41, 5.74) is 1.10. The molecule has 2 fully saturated rings. The van der Waals surface area contributed by atoms with Crippen LogP contribution in [0.3, 0.4) is 0 Å². The number of ether oxygens (including phenoxy) is 1. The van der Waals surface area contributed by atoms with Crippen molar-refractivity contribution >= 4 is 18.0 Å². The van der Waals surface area contributed by atoms with Gasteiger partial charge >= 0.3 is 5.97 Å². The molecule has 2 saturated heterocycles. The van der Waals surface area contributed by atoms with Gasteiger partial charge in [0, 0.05) is 20.0 Å². The molecule has 0 saturated carbocycles. The molecule has 0 bridgehead atoms. The van der Waals surface area contributed by atoms with Crippen LogP contribution in [0, 0.1) is 5.41 Å². The van der Waals surface area contributed by atoms with Crippen LogP contribution < -0.4 is 4.74 Å². The standard InChI is InChI=1S/C21H28N2O4/c1-16(24)23-15-21(14-19(23)20(25)26)9-12-22(13-10-21)11-3-4-17-5-7-18(27-2)8-6-17/h3-8,19H,9-15H2,1-2H3,(H,25,26)/b4-3+. The molecular formula is C21H28N2O4. The van der Waals surface area contributed by atoms with E-state index in [1.54, 1.807) is 12.0 Å². The number of nitrogens with zero attached hydrogens (tertiary/aromatic N) is 2. The summed E-state index contributed by atoms with van der Waals surface area (Å²) in [6, 6.07) is 7.29. The van der Waals surface area contributed by atoms with Gasteiger partial charge in [-0.3, -0.25) is 9.69 Å². The van der Waals surface area contributed by atoms with E-state index < -0.39 is 12.0 Å². The highest BCUT2D eigenvalue weighted by atomic mass is 16.5. The number of methoxy groups -OCH3 is 1. The summed E-state index contributed by atoms with van der Waals surface area (Å²) >= 11 is 0. The lowest BCUT2D eigenvalue weighted by atomic mass is 9.76. The Hall–Kier alpha value is -2.34. The fraction of sp³-hybridized carbons (Fsp3) is 0.524. The van der Waals surface area contributed by atoms with Crippen molar-refractivity contribution in [3.8, 4) is 5.75 Å². The molecule has 1 N–H and O–H groups in total. The van der Waals surface area contributed by atoms with Crippen LogP contribution in [0.5, 0.6) is 5.75 Å². The minimum atomic E-state index is -0.882. The van der Waals surface area contributed by atoms with Crippen molar-refractivity contribution in [2.45, 2.75) is 32.2 Å². The number of amides is 1. The molecular weight excluding hydrogens is 344 g/mol. The van der Waals surface area contributed by atoms with Crippen molar-refractivity contribution in [2.24, 2.45) is 5.41 Å². The predicted molar refractivity (Wildman–Crippen MR) is 104 cm³/mol. The Kier molecular flexibility index (Phi) is 5.85. The van der Waals surface area contributed by atoms with Crippen molar-refractivity contribution in [3.63, 3.8) is 0 Å². The lowest BCUT2D eigenvalue weighted by Gasteiger charge is -2.38. The van der Waals surface area contributed by atoms with E-state index in [2.05, 4.69) is 17.1 Å². The van der Waals surface area contributed by atoms with Crippen LogP contribution in [0.1, 0.15) is 31.7 Å². The van der Waals surface area contributed by atoms with Crippen LogP contribution in [0.2, 0.25) is 0 Å². The molecule has 2 heterocycles. The Morgan fingerprint density at radius 3 is 2.44 bits per heavy atom. The fourth-order valence-corrected chi connectivity index (χ4v) is 4.23. The van der Waals surface area contributed by atoms with Crippen molar-refractivity contribution in [1.82, 2.24) is 9.80 Å². The van der Waals surface area contributed by atoms with Gasteiger partial charge in [0.05, 0.1) is 7.11 Å². The van der Waals surface area contributed by atoms with E-state index in [0.717, 1.165) is 43.8 Å². The predicted octanol–water partition coefficient (Wildman–Crippen LogP) is 2.50. The first-order valence-electron chi connectivity index (χ1n) is 9.45. The van der Waals surface area contributed by atoms with E-state index in [-0.39, 0.29) is 11.3 Å². The third-order valence-corrected chi connectivity index (χ3v) is 5.90. The molecule has 1 amide bonds. The maximum absolute atomic E-state index is 11.8.